The zero-order valence-electron chi connectivity index (χ0n) is 15.8. The highest BCUT2D eigenvalue weighted by molar-refractivity contribution is 7.90. The molecule has 0 bridgehead atoms. The Morgan fingerprint density at radius 1 is 1.07 bits per heavy atom. The van der Waals surface area contributed by atoms with E-state index in [0.717, 1.165) is 31.0 Å². The second-order valence-corrected chi connectivity index (χ2v) is 9.43. The van der Waals surface area contributed by atoms with Gasteiger partial charge in [0.1, 0.15) is 5.82 Å². The fraction of sp³-hybridized carbons (Fsp3) is 0.450. The third-order valence-electron chi connectivity index (χ3n) is 5.09. The summed E-state index contributed by atoms with van der Waals surface area (Å²) in [5.74, 6) is 0.825. The van der Waals surface area contributed by atoms with Crippen LogP contribution in [-0.4, -0.2) is 69.1 Å². The van der Waals surface area contributed by atoms with Crippen molar-refractivity contribution < 1.29 is 17.9 Å². The molecule has 7 nitrogen and oxygen atoms in total. The maximum atomic E-state index is 11.6. The molecule has 2 fully saturated rings. The molecule has 4 rings (SSSR count). The van der Waals surface area contributed by atoms with Gasteiger partial charge in [-0.25, -0.2) is 13.4 Å². The van der Waals surface area contributed by atoms with Crippen LogP contribution in [0.5, 0.6) is 0 Å². The zero-order chi connectivity index (χ0) is 19.6. The van der Waals surface area contributed by atoms with Crippen LogP contribution in [0.4, 0.5) is 5.82 Å². The molecule has 1 aromatic carbocycles. The normalized spacial score (nSPS) is 23.9. The second kappa shape index (κ2) is 8.16. The molecule has 3 heterocycles. The molecule has 0 amide bonds. The van der Waals surface area contributed by atoms with Gasteiger partial charge >= 0.3 is 0 Å². The van der Waals surface area contributed by atoms with Crippen molar-refractivity contribution >= 4 is 15.7 Å². The molecule has 150 valence electrons. The maximum absolute atomic E-state index is 11.6. The molecule has 8 heteroatoms. The largest absolute Gasteiger partial charge is 0.372 e. The van der Waals surface area contributed by atoms with Gasteiger partial charge in [0.15, 0.2) is 9.84 Å². The van der Waals surface area contributed by atoms with Gasteiger partial charge in [0.05, 0.1) is 36.4 Å². The number of hydrogen-bond donors (Lipinski definition) is 1. The third kappa shape index (κ3) is 4.70. The summed E-state index contributed by atoms with van der Waals surface area (Å²) >= 11 is 0. The van der Waals surface area contributed by atoms with Crippen LogP contribution in [0.3, 0.4) is 0 Å². The number of benzene rings is 1. The number of rotatable bonds is 5. The fourth-order valence-electron chi connectivity index (χ4n) is 3.64. The van der Waals surface area contributed by atoms with Crippen LogP contribution < -0.4 is 5.32 Å². The SMILES string of the molecule is CS(=O)(=O)c1ccc(CN2C[C@@H]3OCC(Nc4ccccn4)CO[C@H]3C2)cc1. The Labute approximate surface area is 165 Å². The Morgan fingerprint density at radius 3 is 2.32 bits per heavy atom. The van der Waals surface area contributed by atoms with Crippen molar-refractivity contribution in [2.24, 2.45) is 0 Å². The molecular formula is C20H25N3O4S. The summed E-state index contributed by atoms with van der Waals surface area (Å²) in [6, 6.07) is 12.9. The maximum Gasteiger partial charge on any atom is 0.175 e. The lowest BCUT2D eigenvalue weighted by Crippen LogP contribution is -2.31. The summed E-state index contributed by atoms with van der Waals surface area (Å²) in [5.41, 5.74) is 1.08. The van der Waals surface area contributed by atoms with Crippen molar-refractivity contribution in [2.45, 2.75) is 29.7 Å². The van der Waals surface area contributed by atoms with E-state index in [1.54, 1.807) is 18.3 Å². The number of aromatic nitrogens is 1. The summed E-state index contributed by atoms with van der Waals surface area (Å²) in [4.78, 5) is 6.92. The van der Waals surface area contributed by atoms with Gasteiger partial charge in [-0.2, -0.15) is 0 Å². The molecule has 28 heavy (non-hydrogen) atoms. The van der Waals surface area contributed by atoms with Crippen LogP contribution in [0.1, 0.15) is 5.56 Å². The standard InChI is InChI=1S/C20H25N3O4S/c1-28(24,25)17-7-5-15(6-8-17)10-23-11-18-19(12-23)27-14-16(13-26-18)22-20-4-2-3-9-21-20/h2-9,16,18-19H,10-14H2,1H3,(H,21,22)/t18-,19-/m0/s1. The minimum absolute atomic E-state index is 0.0471. The van der Waals surface area contributed by atoms with Crippen LogP contribution in [0.2, 0.25) is 0 Å². The number of pyridine rings is 1. The molecule has 0 unspecified atom stereocenters. The lowest BCUT2D eigenvalue weighted by molar-refractivity contribution is -0.00461. The molecule has 2 atom stereocenters. The van der Waals surface area contributed by atoms with Crippen LogP contribution in [0, 0.1) is 0 Å². The topological polar surface area (TPSA) is 80.8 Å². The van der Waals surface area contributed by atoms with Crippen molar-refractivity contribution in [3.63, 3.8) is 0 Å². The number of fused-ring (bicyclic) bond motifs is 1. The third-order valence-corrected chi connectivity index (χ3v) is 6.22. The van der Waals surface area contributed by atoms with Gasteiger partial charge in [-0.15, -0.1) is 0 Å². The highest BCUT2D eigenvalue weighted by Gasteiger charge is 2.37. The molecule has 2 aliphatic rings. The smallest absolute Gasteiger partial charge is 0.175 e. The minimum atomic E-state index is -3.16. The first-order valence-corrected chi connectivity index (χ1v) is 11.3. The summed E-state index contributed by atoms with van der Waals surface area (Å²) in [6.07, 6.45) is 3.08. The molecular weight excluding hydrogens is 378 g/mol. The van der Waals surface area contributed by atoms with Crippen molar-refractivity contribution in [3.8, 4) is 0 Å². The highest BCUT2D eigenvalue weighted by atomic mass is 32.2. The van der Waals surface area contributed by atoms with Crippen molar-refractivity contribution in [2.75, 3.05) is 37.9 Å². The lowest BCUT2D eigenvalue weighted by atomic mass is 10.2. The molecule has 2 aliphatic heterocycles. The average Bonchev–Trinajstić information content (AvgIpc) is 2.96. The quantitative estimate of drug-likeness (QED) is 0.812. The number of nitrogens with one attached hydrogen (secondary N) is 1. The van der Waals surface area contributed by atoms with Crippen LogP contribution in [0.15, 0.2) is 53.6 Å². The summed E-state index contributed by atoms with van der Waals surface area (Å²) in [6.45, 7) is 3.51. The number of likely N-dealkylation sites (tertiary alicyclic amines) is 1. The number of anilines is 1. The molecule has 1 N–H and O–H groups in total. The Morgan fingerprint density at radius 2 is 1.75 bits per heavy atom. The predicted octanol–water partition coefficient (Wildman–Crippen LogP) is 1.57. The van der Waals surface area contributed by atoms with Crippen molar-refractivity contribution in [1.82, 2.24) is 9.88 Å². The predicted molar refractivity (Wildman–Crippen MR) is 106 cm³/mol. The molecule has 0 aliphatic carbocycles. The van der Waals surface area contributed by atoms with Crippen LogP contribution in [-0.2, 0) is 25.9 Å². The fourth-order valence-corrected chi connectivity index (χ4v) is 4.27. The van der Waals surface area contributed by atoms with E-state index in [4.69, 9.17) is 9.47 Å². The van der Waals surface area contributed by atoms with Gasteiger partial charge in [-0.1, -0.05) is 18.2 Å². The highest BCUT2D eigenvalue weighted by Crippen LogP contribution is 2.23. The van der Waals surface area contributed by atoms with Crippen molar-refractivity contribution in [1.29, 1.82) is 0 Å². The summed E-state index contributed by atoms with van der Waals surface area (Å²) < 4.78 is 35.4. The van der Waals surface area contributed by atoms with Gasteiger partial charge in [-0.3, -0.25) is 4.90 Å². The van der Waals surface area contributed by atoms with E-state index < -0.39 is 9.84 Å². The van der Waals surface area contributed by atoms with Gasteiger partial charge < -0.3 is 14.8 Å². The number of nitrogens with zero attached hydrogens (tertiary/aromatic N) is 2. The first-order chi connectivity index (χ1) is 13.5. The van der Waals surface area contributed by atoms with E-state index in [0.29, 0.717) is 18.1 Å². The molecule has 2 aromatic rings. The molecule has 0 spiro atoms. The summed E-state index contributed by atoms with van der Waals surface area (Å²) in [7, 11) is -3.16. The molecule has 0 radical (unpaired) electrons. The summed E-state index contributed by atoms with van der Waals surface area (Å²) in [5, 5.41) is 3.35. The zero-order valence-corrected chi connectivity index (χ0v) is 16.6. The lowest BCUT2D eigenvalue weighted by Gasteiger charge is -2.19. The van der Waals surface area contributed by atoms with E-state index in [1.165, 1.54) is 6.26 Å². The van der Waals surface area contributed by atoms with E-state index >= 15 is 0 Å². The molecule has 1 aromatic heterocycles. The van der Waals surface area contributed by atoms with E-state index in [9.17, 15) is 8.42 Å². The number of hydrogen-bond acceptors (Lipinski definition) is 7. The monoisotopic (exact) mass is 403 g/mol. The van der Waals surface area contributed by atoms with Gasteiger partial charge in [-0.05, 0) is 29.8 Å². The van der Waals surface area contributed by atoms with Crippen molar-refractivity contribution in [3.05, 3.63) is 54.2 Å². The average molecular weight is 404 g/mol. The van der Waals surface area contributed by atoms with Crippen LogP contribution in [0.25, 0.3) is 0 Å². The van der Waals surface area contributed by atoms with E-state index in [2.05, 4.69) is 15.2 Å². The Kier molecular flexibility index (Phi) is 5.63. The first-order valence-electron chi connectivity index (χ1n) is 9.39. The second-order valence-electron chi connectivity index (χ2n) is 7.41. The number of ether oxygens (including phenoxy) is 2. The minimum Gasteiger partial charge on any atom is -0.372 e. The first kappa shape index (κ1) is 19.3. The number of sulfone groups is 1. The molecule has 2 saturated heterocycles. The van der Waals surface area contributed by atoms with E-state index in [-0.39, 0.29) is 18.2 Å². The molecule has 0 saturated carbocycles. The van der Waals surface area contributed by atoms with E-state index in [1.807, 2.05) is 30.3 Å². The van der Waals surface area contributed by atoms with Crippen LogP contribution >= 0.6 is 0 Å². The van der Waals surface area contributed by atoms with Gasteiger partial charge in [0, 0.05) is 32.1 Å². The van der Waals surface area contributed by atoms with Gasteiger partial charge in [0.25, 0.3) is 0 Å². The Bertz CT molecular complexity index is 873. The Balaban J connectivity index is 1.30. The Hall–Kier alpha value is -2.00. The van der Waals surface area contributed by atoms with Gasteiger partial charge in [0.2, 0.25) is 0 Å².